The van der Waals surface area contributed by atoms with Crippen molar-refractivity contribution in [3.8, 4) is 6.07 Å². The molecule has 1 rings (SSSR count). The second-order valence-corrected chi connectivity index (χ2v) is 7.12. The summed E-state index contributed by atoms with van der Waals surface area (Å²) >= 11 is 0. The Hall–Kier alpha value is -2.10. The van der Waals surface area contributed by atoms with Gasteiger partial charge in [0, 0.05) is 19.5 Å². The largest absolute Gasteiger partial charge is 0.465 e. The first-order valence-electron chi connectivity index (χ1n) is 8.63. The molecule has 0 saturated carbocycles. The van der Waals surface area contributed by atoms with Crippen molar-refractivity contribution in [3.05, 3.63) is 35.9 Å². The van der Waals surface area contributed by atoms with Gasteiger partial charge in [0.2, 0.25) is 0 Å². The Morgan fingerprint density at radius 3 is 2.60 bits per heavy atom. The highest BCUT2D eigenvalue weighted by atomic mass is 16.4. The predicted octanol–water partition coefficient (Wildman–Crippen LogP) is 2.54. The van der Waals surface area contributed by atoms with Gasteiger partial charge in [-0.25, -0.2) is 4.79 Å². The molecule has 6 heteroatoms. The summed E-state index contributed by atoms with van der Waals surface area (Å²) in [5.74, 6) is 0. The lowest BCUT2D eigenvalue weighted by molar-refractivity contribution is 0.114. The van der Waals surface area contributed by atoms with Gasteiger partial charge in [-0.05, 0) is 30.2 Å². The monoisotopic (exact) mass is 347 g/mol. The molecule has 25 heavy (non-hydrogen) atoms. The number of rotatable bonds is 11. The molecule has 2 atom stereocenters. The van der Waals surface area contributed by atoms with Crippen LogP contribution in [-0.2, 0) is 6.42 Å². The first kappa shape index (κ1) is 20.9. The summed E-state index contributed by atoms with van der Waals surface area (Å²) < 4.78 is 0. The highest BCUT2D eigenvalue weighted by molar-refractivity contribution is 5.65. The summed E-state index contributed by atoms with van der Waals surface area (Å²) in [5.41, 5.74) is 0.989. The van der Waals surface area contributed by atoms with Crippen LogP contribution in [0.25, 0.3) is 0 Å². The summed E-state index contributed by atoms with van der Waals surface area (Å²) in [6.45, 7) is 5.22. The SMILES string of the molecule is CC(C)(CCCC#N)CNC[C@H](O)C(Cc1ccccc1)NC(=O)O. The summed E-state index contributed by atoms with van der Waals surface area (Å²) in [6, 6.07) is 11.1. The van der Waals surface area contributed by atoms with E-state index in [2.05, 4.69) is 30.6 Å². The third-order valence-electron chi connectivity index (χ3n) is 4.17. The zero-order chi connectivity index (χ0) is 18.7. The van der Waals surface area contributed by atoms with Crippen molar-refractivity contribution >= 4 is 6.09 Å². The molecule has 138 valence electrons. The molecule has 0 aliphatic rings. The minimum atomic E-state index is -1.14. The van der Waals surface area contributed by atoms with Crippen LogP contribution >= 0.6 is 0 Å². The van der Waals surface area contributed by atoms with Crippen LogP contribution in [0.5, 0.6) is 0 Å². The Labute approximate surface area is 149 Å². The van der Waals surface area contributed by atoms with E-state index in [1.165, 1.54) is 0 Å². The Balaban J connectivity index is 2.50. The highest BCUT2D eigenvalue weighted by Gasteiger charge is 2.23. The lowest BCUT2D eigenvalue weighted by Gasteiger charge is -2.28. The number of aliphatic hydroxyl groups excluding tert-OH is 1. The maximum atomic E-state index is 11.0. The number of nitrogens with zero attached hydrogens (tertiary/aromatic N) is 1. The van der Waals surface area contributed by atoms with Gasteiger partial charge in [0.1, 0.15) is 0 Å². The second-order valence-electron chi connectivity index (χ2n) is 7.12. The summed E-state index contributed by atoms with van der Waals surface area (Å²) in [7, 11) is 0. The van der Waals surface area contributed by atoms with E-state index in [4.69, 9.17) is 10.4 Å². The molecule has 0 spiro atoms. The smallest absolute Gasteiger partial charge is 0.404 e. The third kappa shape index (κ3) is 9.08. The topological polar surface area (TPSA) is 105 Å². The number of carbonyl (C=O) groups is 1. The van der Waals surface area contributed by atoms with Crippen LogP contribution in [0.3, 0.4) is 0 Å². The van der Waals surface area contributed by atoms with Crippen LogP contribution < -0.4 is 10.6 Å². The van der Waals surface area contributed by atoms with Crippen LogP contribution in [0, 0.1) is 16.7 Å². The van der Waals surface area contributed by atoms with Gasteiger partial charge < -0.3 is 20.8 Å². The minimum absolute atomic E-state index is 0.0196. The van der Waals surface area contributed by atoms with Gasteiger partial charge in [-0.15, -0.1) is 0 Å². The molecular formula is C19H29N3O3. The number of nitriles is 1. The van der Waals surface area contributed by atoms with Crippen molar-refractivity contribution in [1.82, 2.24) is 10.6 Å². The Morgan fingerprint density at radius 1 is 1.32 bits per heavy atom. The number of hydrogen-bond donors (Lipinski definition) is 4. The van der Waals surface area contributed by atoms with Crippen LogP contribution in [0.15, 0.2) is 30.3 Å². The Kier molecular flexibility index (Phi) is 8.96. The van der Waals surface area contributed by atoms with Gasteiger partial charge in [-0.3, -0.25) is 0 Å². The summed E-state index contributed by atoms with van der Waals surface area (Å²) in [4.78, 5) is 11.0. The van der Waals surface area contributed by atoms with E-state index in [0.717, 1.165) is 18.4 Å². The number of hydrogen-bond acceptors (Lipinski definition) is 4. The fourth-order valence-corrected chi connectivity index (χ4v) is 2.74. The van der Waals surface area contributed by atoms with Gasteiger partial charge >= 0.3 is 6.09 Å². The number of nitrogens with one attached hydrogen (secondary N) is 2. The van der Waals surface area contributed by atoms with Gasteiger partial charge in [0.05, 0.1) is 18.2 Å². The molecule has 0 aromatic heterocycles. The van der Waals surface area contributed by atoms with Crippen molar-refractivity contribution in [1.29, 1.82) is 5.26 Å². The maximum Gasteiger partial charge on any atom is 0.404 e. The maximum absolute atomic E-state index is 11.0. The summed E-state index contributed by atoms with van der Waals surface area (Å²) in [6.07, 6.45) is 0.785. The molecule has 0 aliphatic heterocycles. The average molecular weight is 347 g/mol. The van der Waals surface area contributed by atoms with Gasteiger partial charge in [-0.1, -0.05) is 44.2 Å². The van der Waals surface area contributed by atoms with E-state index in [0.29, 0.717) is 25.9 Å². The minimum Gasteiger partial charge on any atom is -0.465 e. The highest BCUT2D eigenvalue weighted by Crippen LogP contribution is 2.21. The average Bonchev–Trinajstić information content (AvgIpc) is 2.54. The molecule has 0 heterocycles. The van der Waals surface area contributed by atoms with Crippen molar-refractivity contribution in [2.45, 2.75) is 51.7 Å². The number of aliphatic hydroxyl groups is 1. The Morgan fingerprint density at radius 2 is 2.00 bits per heavy atom. The predicted molar refractivity (Wildman–Crippen MR) is 97.2 cm³/mol. The van der Waals surface area contributed by atoms with E-state index < -0.39 is 18.2 Å². The zero-order valence-corrected chi connectivity index (χ0v) is 15.0. The molecule has 4 N–H and O–H groups in total. The number of benzene rings is 1. The molecule has 0 radical (unpaired) electrons. The van der Waals surface area contributed by atoms with Crippen LogP contribution in [0.4, 0.5) is 4.79 Å². The Bertz CT molecular complexity index is 555. The van der Waals surface area contributed by atoms with Gasteiger partial charge in [-0.2, -0.15) is 5.26 Å². The lowest BCUT2D eigenvalue weighted by atomic mass is 9.87. The third-order valence-corrected chi connectivity index (χ3v) is 4.17. The van der Waals surface area contributed by atoms with Crippen molar-refractivity contribution in [2.75, 3.05) is 13.1 Å². The fourth-order valence-electron chi connectivity index (χ4n) is 2.74. The zero-order valence-electron chi connectivity index (χ0n) is 15.0. The van der Waals surface area contributed by atoms with Crippen molar-refractivity contribution in [3.63, 3.8) is 0 Å². The van der Waals surface area contributed by atoms with E-state index >= 15 is 0 Å². The molecule has 0 saturated heterocycles. The van der Waals surface area contributed by atoms with E-state index in [9.17, 15) is 9.90 Å². The molecule has 0 bridgehead atoms. The molecular weight excluding hydrogens is 318 g/mol. The van der Waals surface area contributed by atoms with E-state index in [-0.39, 0.29) is 5.41 Å². The standard InChI is InChI=1S/C19H29N3O3/c1-19(2,10-6-7-11-20)14-21-13-17(23)16(22-18(24)25)12-15-8-4-3-5-9-15/h3-5,8-9,16-17,21-23H,6-7,10,12-14H2,1-2H3,(H,24,25)/t16?,17-/m0/s1. The van der Waals surface area contributed by atoms with E-state index in [1.54, 1.807) is 0 Å². The van der Waals surface area contributed by atoms with Crippen molar-refractivity contribution in [2.24, 2.45) is 5.41 Å². The van der Waals surface area contributed by atoms with Gasteiger partial charge in [0.15, 0.2) is 0 Å². The molecule has 6 nitrogen and oxygen atoms in total. The normalized spacial score (nSPS) is 13.7. The molecule has 1 unspecified atom stereocenters. The quantitative estimate of drug-likeness (QED) is 0.460. The molecule has 0 aliphatic carbocycles. The number of carboxylic acid groups (broad SMARTS) is 1. The fraction of sp³-hybridized carbons (Fsp3) is 0.579. The first-order chi connectivity index (χ1) is 11.8. The van der Waals surface area contributed by atoms with Crippen molar-refractivity contribution < 1.29 is 15.0 Å². The number of amides is 1. The molecule has 0 fully saturated rings. The van der Waals surface area contributed by atoms with E-state index in [1.807, 2.05) is 30.3 Å². The van der Waals surface area contributed by atoms with Crippen LogP contribution in [-0.4, -0.2) is 41.5 Å². The van der Waals surface area contributed by atoms with Crippen LogP contribution in [0.1, 0.15) is 38.7 Å². The second kappa shape index (κ2) is 10.7. The number of unbranched alkanes of at least 4 members (excludes halogenated alkanes) is 1. The van der Waals surface area contributed by atoms with Gasteiger partial charge in [0.25, 0.3) is 0 Å². The summed E-state index contributed by atoms with van der Waals surface area (Å²) in [5, 5.41) is 33.7. The molecule has 1 amide bonds. The van der Waals surface area contributed by atoms with Crippen LogP contribution in [0.2, 0.25) is 0 Å². The molecule has 1 aromatic rings. The molecule has 1 aromatic carbocycles. The lowest BCUT2D eigenvalue weighted by Crippen LogP contribution is -2.49. The first-order valence-corrected chi connectivity index (χ1v) is 8.63.